The number of nitrogens with one attached hydrogen (secondary N) is 3. The molecule has 3 aliphatic rings. The summed E-state index contributed by atoms with van der Waals surface area (Å²) in [6, 6.07) is -18.9. The van der Waals surface area contributed by atoms with Crippen LogP contribution >= 0.6 is 80.4 Å². The summed E-state index contributed by atoms with van der Waals surface area (Å²) in [6.07, 6.45) is -26.9. The van der Waals surface area contributed by atoms with Gasteiger partial charge in [0.05, 0.1) is 47.0 Å². The van der Waals surface area contributed by atoms with Gasteiger partial charge in [-0.1, -0.05) is 76.7 Å². The lowest BCUT2D eigenvalue weighted by Crippen LogP contribution is -2.38. The second-order valence-electron chi connectivity index (χ2n) is 14.9. The number of nitrogens with zero attached hydrogens (tertiary/aromatic N) is 9. The van der Waals surface area contributed by atoms with Crippen LogP contribution < -0.4 is 15.9 Å². The van der Waals surface area contributed by atoms with Gasteiger partial charge in [0.1, 0.15) is 66.6 Å². The van der Waals surface area contributed by atoms with Crippen molar-refractivity contribution in [2.75, 3.05) is 54.9 Å². The Kier molecular flexibility index (Phi) is 7.40. The monoisotopic (exact) mass is 1240 g/mol. The first-order valence-corrected chi connectivity index (χ1v) is 25.3. The van der Waals surface area contributed by atoms with Crippen LogP contribution in [0.3, 0.4) is 0 Å². The summed E-state index contributed by atoms with van der Waals surface area (Å²) in [5.74, 6) is -5.79. The third kappa shape index (κ3) is 14.9. The number of thiophene rings is 3. The number of halogens is 6. The predicted octanol–water partition coefficient (Wildman–Crippen LogP) is 15.1. The SMILES string of the molecule is [2H]c1nc(N([2H])C2([2H])C([2H])([2H])C([2H])([2H])N(C([2H])([2H])c3c([2H])c(C)c([2H])c(F)c3[2H])C([2H])([2H])C2([2H])[2H])c2c([2H])c(Cl)sc2n1.[2H]c1nc(N([2H])C2([2H])C([2H])([2H])C([2H])([2H])N(C([2H])([2H])c3c([2H])cc(C)c(Cl)c3[2H])C([2H])([2H])C2([2H])[2H])c2c([2H])c(Cl)sc2n1.[2H]c1nc(N([2H])C2([2H])C([2H])([2H])C([2H])([2H])N(C([2H])([2H])c3c([2H])cc(C)c(F)c3[2H])C([2H])([2H])C2([2H])[2H])c2c([2H])c(Cl)sc2n1. The Morgan fingerprint density at radius 3 is 1.36 bits per heavy atom. The molecule has 6 aromatic heterocycles. The third-order valence-corrected chi connectivity index (χ3v) is 13.1. The Hall–Kier alpha value is -4.92. The quantitative estimate of drug-likeness (QED) is 0.108. The molecule has 78 heavy (non-hydrogen) atoms. The van der Waals surface area contributed by atoms with Crippen LogP contribution in [0.2, 0.25) is 22.3 Å². The molecule has 3 aliphatic heterocycles. The Morgan fingerprint density at radius 2 is 0.936 bits per heavy atom. The molecule has 9 heterocycles. The van der Waals surface area contributed by atoms with Crippen LogP contribution in [0.1, 0.15) is 135 Å². The molecule has 0 bridgehead atoms. The molecule has 0 spiro atoms. The van der Waals surface area contributed by atoms with Crippen molar-refractivity contribution >= 4 is 129 Å². The fourth-order valence-corrected chi connectivity index (χ4v) is 8.97. The van der Waals surface area contributed by atoms with E-state index in [0.29, 0.717) is 34.0 Å². The average molecular weight is 1240 g/mol. The zero-order chi connectivity index (χ0) is 97.9. The number of fused-ring (bicyclic) bond motifs is 3. The van der Waals surface area contributed by atoms with Crippen LogP contribution in [-0.2, 0) is 19.5 Å². The number of hydrogen-bond acceptors (Lipinski definition) is 15. The van der Waals surface area contributed by atoms with Crippen LogP contribution in [-0.4, -0.2) is 102 Å². The highest BCUT2D eigenvalue weighted by Gasteiger charge is 2.24. The molecule has 12 nitrogen and oxygen atoms in total. The molecule has 0 saturated carbocycles. The van der Waals surface area contributed by atoms with E-state index in [2.05, 4.69) is 29.9 Å². The van der Waals surface area contributed by atoms with E-state index < -0.39 is 276 Å². The molecule has 0 aliphatic carbocycles. The zero-order valence-corrected chi connectivity index (χ0v) is 44.5. The van der Waals surface area contributed by atoms with E-state index in [-0.39, 0.29) is 59.6 Å². The highest BCUT2D eigenvalue weighted by Crippen LogP contribution is 2.35. The fourth-order valence-electron chi connectivity index (χ4n) is 5.92. The molecule has 21 heteroatoms. The van der Waals surface area contributed by atoms with E-state index in [9.17, 15) is 8.78 Å². The maximum atomic E-state index is 14.7. The van der Waals surface area contributed by atoms with Gasteiger partial charge in [-0.25, -0.2) is 38.7 Å². The summed E-state index contributed by atoms with van der Waals surface area (Å²) in [6.45, 7) is -32.1. The van der Waals surface area contributed by atoms with Gasteiger partial charge in [-0.3, -0.25) is 14.7 Å². The van der Waals surface area contributed by atoms with Gasteiger partial charge in [-0.05, 0) is 135 Å². The minimum Gasteiger partial charge on any atom is -0.367 e. The molecule has 3 saturated heterocycles. The summed E-state index contributed by atoms with van der Waals surface area (Å²) in [5.41, 5.74) is -4.16. The third-order valence-electron chi connectivity index (χ3n) is 9.38. The molecule has 0 radical (unpaired) electrons. The number of anilines is 3. The molecule has 0 unspecified atom stereocenters. The van der Waals surface area contributed by atoms with Crippen molar-refractivity contribution in [3.8, 4) is 0 Å². The number of rotatable bonds is 12. The van der Waals surface area contributed by atoms with Gasteiger partial charge in [0.15, 0.2) is 4.24 Å². The molecule has 9 aromatic rings. The molecule has 0 atom stereocenters. The predicted molar refractivity (Wildman–Crippen MR) is 322 cm³/mol. The van der Waals surface area contributed by atoms with Crippen LogP contribution in [0.25, 0.3) is 30.6 Å². The maximum absolute atomic E-state index is 14.7. The number of aryl methyl sites for hydroxylation is 2. The van der Waals surface area contributed by atoms with Crippen molar-refractivity contribution in [3.05, 3.63) is 155 Å². The fraction of sp³-hybridized carbons (Fsp3) is 0.368. The molecule has 408 valence electrons. The van der Waals surface area contributed by atoms with Gasteiger partial charge < -0.3 is 15.9 Å². The summed E-state index contributed by atoms with van der Waals surface area (Å²) in [7, 11) is 0. The van der Waals surface area contributed by atoms with Crippen molar-refractivity contribution in [1.29, 1.82) is 0 Å². The van der Waals surface area contributed by atoms with Crippen molar-refractivity contribution in [2.45, 2.75) is 96.6 Å². The Bertz CT molecular complexity index is 5670. The largest absolute Gasteiger partial charge is 0.367 e. The average Bonchev–Trinajstić information content (AvgIpc) is 1.29. The van der Waals surface area contributed by atoms with Crippen LogP contribution in [0.5, 0.6) is 0 Å². The Morgan fingerprint density at radius 1 is 0.551 bits per heavy atom. The van der Waals surface area contributed by atoms with E-state index in [0.717, 1.165) is 26.0 Å². The van der Waals surface area contributed by atoms with E-state index in [4.69, 9.17) is 114 Å². The number of hydrogen-bond donors (Lipinski definition) is 3. The number of likely N-dealkylation sites (tertiary alicyclic amines) is 3. The van der Waals surface area contributed by atoms with Gasteiger partial charge in [-0.2, -0.15) is 0 Å². The van der Waals surface area contributed by atoms with E-state index in [1.165, 1.54) is 6.92 Å². The van der Waals surface area contributed by atoms with Gasteiger partial charge >= 0.3 is 0 Å². The Labute approximate surface area is 554 Å². The molecule has 3 fully saturated rings. The lowest BCUT2D eigenvalue weighted by Gasteiger charge is -2.32. The minimum absolute atomic E-state index is 0.163. The minimum atomic E-state index is -4.13. The standard InChI is InChI=1S/C19H20Cl2N4S.2C19H20ClFN4S/c1-12-2-3-13(8-16(12)20)10-25-6-4-14(5-7-25)24-18-15-9-17(21)26-19(15)23-11-22-18;1-12-6-13(8-14(21)7-12)10-25-4-2-15(3-5-25)24-18-16-9-17(20)26-19(16)23-11-22-18;1-12-2-3-13(8-16(12)21)10-25-6-4-14(5-7-25)24-18-15-9-17(20)26-19(15)23-11-22-18/h2-3,8-9,11,14H,4-7,10H2,1H3,(H,22,23,24);6-9,11,15H,2-5,10H2,1H3,(H,22,23,24);2-3,8-9,11,14H,4-7,10H2,1H3,(H,22,23,24)/i3D,4D2,5D2,6D2,7D2,8D,9D,10D2,11D,14D;2D2,3D2,4D2,5D2,6D,7D,8D,9D,10D2,11D,15D;3D,4D2,5D2,6D2,7D2,8D,9D,10D2,11D,14D/hD3. The van der Waals surface area contributed by atoms with Crippen molar-refractivity contribution in [2.24, 2.45) is 0 Å². The number of piperidine rings is 3. The molecular formula is C57H60Cl4F2N12S3. The topological polar surface area (TPSA) is 123 Å². The van der Waals surface area contributed by atoms with Crippen molar-refractivity contribution in [1.82, 2.24) is 44.6 Å². The van der Waals surface area contributed by atoms with Gasteiger partial charge in [0.25, 0.3) is 0 Å². The first-order chi connectivity index (χ1) is 56.9. The molecular weight excluding hydrogens is 1130 g/mol. The molecule has 12 rings (SSSR count). The summed E-state index contributed by atoms with van der Waals surface area (Å²) >= 11 is 26.0. The van der Waals surface area contributed by atoms with E-state index in [1.54, 1.807) is 0 Å². The summed E-state index contributed by atoms with van der Waals surface area (Å²) in [4.78, 5) is 19.9. The lowest BCUT2D eigenvalue weighted by molar-refractivity contribution is 0.211. The summed E-state index contributed by atoms with van der Waals surface area (Å²) < 4.78 is 447. The van der Waals surface area contributed by atoms with Crippen LogP contribution in [0.4, 0.5) is 26.2 Å². The normalized spacial score (nSPS) is 34.9. The first-order valence-electron chi connectivity index (χ1n) is 45.6. The molecule has 0 amide bonds. The maximum Gasteiger partial charge on any atom is 0.162 e. The van der Waals surface area contributed by atoms with Gasteiger partial charge in [0, 0.05) is 123 Å². The van der Waals surface area contributed by atoms with Crippen LogP contribution in [0.15, 0.2) is 91.5 Å². The van der Waals surface area contributed by atoms with Crippen molar-refractivity contribution < 1.29 is 76.1 Å². The second-order valence-corrected chi connectivity index (χ2v) is 20.1. The van der Waals surface area contributed by atoms with Crippen molar-refractivity contribution in [3.63, 3.8) is 0 Å². The zero-order valence-electron chi connectivity index (χ0n) is 88.0. The highest BCUT2D eigenvalue weighted by molar-refractivity contribution is 7.23. The van der Waals surface area contributed by atoms with Crippen LogP contribution in [0, 0.1) is 32.4 Å². The Balaban J connectivity index is 0.000000199. The van der Waals surface area contributed by atoms with Gasteiger partial charge in [0.2, 0.25) is 0 Å². The smallest absolute Gasteiger partial charge is 0.162 e. The lowest BCUT2D eigenvalue weighted by atomic mass is 10.0. The number of benzene rings is 3. The summed E-state index contributed by atoms with van der Waals surface area (Å²) in [5, 5.41) is -2.59. The van der Waals surface area contributed by atoms with Gasteiger partial charge in [-0.15, -0.1) is 34.0 Å². The second kappa shape index (κ2) is 26.1. The number of aromatic nitrogens is 6. The van der Waals surface area contributed by atoms with E-state index in [1.807, 2.05) is 0 Å². The van der Waals surface area contributed by atoms with E-state index >= 15 is 0 Å². The molecule has 3 N–H and O–H groups in total. The first kappa shape index (κ1) is 22.1. The highest BCUT2D eigenvalue weighted by atomic mass is 35.5. The molecule has 3 aromatic carbocycles.